The van der Waals surface area contributed by atoms with Gasteiger partial charge in [-0.3, -0.25) is 0 Å². The second-order valence-corrected chi connectivity index (χ2v) is 4.22. The first-order valence-corrected chi connectivity index (χ1v) is 5.87. The highest BCUT2D eigenvalue weighted by atomic mass is 19.2. The predicted molar refractivity (Wildman–Crippen MR) is 70.4 cm³/mol. The van der Waals surface area contributed by atoms with Gasteiger partial charge in [0.15, 0.2) is 11.6 Å². The van der Waals surface area contributed by atoms with Crippen LogP contribution in [0.15, 0.2) is 30.3 Å². The van der Waals surface area contributed by atoms with Gasteiger partial charge in [-0.05, 0) is 31.2 Å². The van der Waals surface area contributed by atoms with E-state index >= 15 is 0 Å². The van der Waals surface area contributed by atoms with Crippen LogP contribution in [0.25, 0.3) is 0 Å². The van der Waals surface area contributed by atoms with Crippen LogP contribution in [-0.2, 0) is 0 Å². The van der Waals surface area contributed by atoms with E-state index in [1.54, 1.807) is 0 Å². The molecule has 2 rings (SSSR count). The average molecular weight is 290 g/mol. The number of ether oxygens (including phenoxy) is 1. The Morgan fingerprint density at radius 3 is 2.33 bits per heavy atom. The largest absolute Gasteiger partial charge is 0.419 e. The molecule has 0 aliphatic rings. The molecule has 0 spiro atoms. The topological polar surface area (TPSA) is 26.3 Å². The lowest BCUT2D eigenvalue weighted by Gasteiger charge is -2.10. The van der Waals surface area contributed by atoms with Crippen LogP contribution >= 0.6 is 0 Å². The zero-order valence-electron chi connectivity index (χ0n) is 10.9. The summed E-state index contributed by atoms with van der Waals surface area (Å²) in [6.45, 7) is 1.18. The Kier molecular flexibility index (Phi) is 3.99. The third-order valence-corrected chi connectivity index (χ3v) is 2.84. The lowest BCUT2D eigenvalue weighted by molar-refractivity contribution is 0.0724. The molecule has 5 heteroatoms. The van der Waals surface area contributed by atoms with Gasteiger partial charge >= 0.3 is 5.97 Å². The maximum atomic E-state index is 13.6. The highest BCUT2D eigenvalue weighted by Crippen LogP contribution is 2.27. The summed E-state index contributed by atoms with van der Waals surface area (Å²) in [7, 11) is 0. The molecule has 0 radical (unpaired) electrons. The van der Waals surface area contributed by atoms with E-state index < -0.39 is 29.2 Å². The first-order chi connectivity index (χ1) is 9.93. The summed E-state index contributed by atoms with van der Waals surface area (Å²) in [5.41, 5.74) is 0.339. The fourth-order valence-electron chi connectivity index (χ4n) is 1.64. The van der Waals surface area contributed by atoms with Crippen LogP contribution in [-0.4, -0.2) is 5.97 Å². The molecule has 0 unspecified atom stereocenters. The van der Waals surface area contributed by atoms with Crippen molar-refractivity contribution in [2.24, 2.45) is 0 Å². The van der Waals surface area contributed by atoms with Crippen LogP contribution in [0.1, 0.15) is 21.5 Å². The molecule has 0 fully saturated rings. The van der Waals surface area contributed by atoms with Gasteiger partial charge in [-0.25, -0.2) is 13.6 Å². The zero-order chi connectivity index (χ0) is 15.6. The molecule has 21 heavy (non-hydrogen) atoms. The molecule has 2 nitrogen and oxygen atoms in total. The summed E-state index contributed by atoms with van der Waals surface area (Å²) in [5.74, 6) is -3.18. The molecule has 2 aromatic carbocycles. The highest BCUT2D eigenvalue weighted by molar-refractivity contribution is 5.91. The zero-order valence-corrected chi connectivity index (χ0v) is 10.9. The summed E-state index contributed by atoms with van der Waals surface area (Å²) in [5, 5.41) is 0. The number of benzene rings is 2. The molecule has 0 aliphatic heterocycles. The minimum absolute atomic E-state index is 0.0810. The number of esters is 1. The van der Waals surface area contributed by atoms with Crippen molar-refractivity contribution < 1.29 is 22.7 Å². The van der Waals surface area contributed by atoms with Crippen LogP contribution in [0.2, 0.25) is 0 Å². The molecular formula is C16H9F3O2. The minimum Gasteiger partial charge on any atom is -0.419 e. The first kappa shape index (κ1) is 14.7. The van der Waals surface area contributed by atoms with Gasteiger partial charge in [0.2, 0.25) is 5.82 Å². The Bertz CT molecular complexity index is 717. The Morgan fingerprint density at radius 2 is 1.76 bits per heavy atom. The Morgan fingerprint density at radius 1 is 1.14 bits per heavy atom. The quantitative estimate of drug-likeness (QED) is 0.365. The maximum absolute atomic E-state index is 13.6. The Hall–Kier alpha value is -2.74. The van der Waals surface area contributed by atoms with Crippen molar-refractivity contribution in [1.29, 1.82) is 0 Å². The normalized spacial score (nSPS) is 10.0. The van der Waals surface area contributed by atoms with Gasteiger partial charge in [-0.15, -0.1) is 6.42 Å². The molecule has 0 aliphatic carbocycles. The average Bonchev–Trinajstić information content (AvgIpc) is 2.49. The molecule has 0 bridgehead atoms. The molecular weight excluding hydrogens is 281 g/mol. The number of hydrogen-bond donors (Lipinski definition) is 0. The number of hydrogen-bond acceptors (Lipinski definition) is 2. The van der Waals surface area contributed by atoms with E-state index in [9.17, 15) is 18.0 Å². The molecule has 0 amide bonds. The third-order valence-electron chi connectivity index (χ3n) is 2.84. The molecule has 0 aromatic heterocycles. The van der Waals surface area contributed by atoms with E-state index in [2.05, 4.69) is 5.92 Å². The Labute approximate surface area is 119 Å². The van der Waals surface area contributed by atoms with Gasteiger partial charge in [-0.2, -0.15) is 4.39 Å². The number of carbonyl (C=O) groups is 1. The number of rotatable bonds is 2. The molecule has 0 heterocycles. The maximum Gasteiger partial charge on any atom is 0.343 e. The van der Waals surface area contributed by atoms with E-state index in [1.807, 2.05) is 0 Å². The van der Waals surface area contributed by atoms with Crippen molar-refractivity contribution >= 4 is 5.97 Å². The van der Waals surface area contributed by atoms with Gasteiger partial charge in [-0.1, -0.05) is 5.92 Å². The van der Waals surface area contributed by atoms with E-state index in [0.717, 1.165) is 0 Å². The molecule has 0 atom stereocenters. The van der Waals surface area contributed by atoms with Crippen LogP contribution in [0.3, 0.4) is 0 Å². The summed E-state index contributed by atoms with van der Waals surface area (Å²) in [6.07, 6.45) is 5.17. The fraction of sp³-hybridized carbons (Fsp3) is 0.0625. The van der Waals surface area contributed by atoms with Crippen molar-refractivity contribution in [3.05, 3.63) is 64.5 Å². The second kappa shape index (κ2) is 5.71. The second-order valence-electron chi connectivity index (χ2n) is 4.22. The molecule has 0 saturated heterocycles. The standard InChI is InChI=1S/C16H9F3O2/c1-3-10-4-6-11(7-5-10)16(20)21-15-9(2)12(17)8-13(18)14(15)19/h1,4-8H,2H3. The summed E-state index contributed by atoms with van der Waals surface area (Å²) >= 11 is 0. The van der Waals surface area contributed by atoms with Crippen LogP contribution in [0.4, 0.5) is 13.2 Å². The Balaban J connectivity index is 2.33. The van der Waals surface area contributed by atoms with Crippen molar-refractivity contribution in [2.75, 3.05) is 0 Å². The fourth-order valence-corrected chi connectivity index (χ4v) is 1.64. The highest BCUT2D eigenvalue weighted by Gasteiger charge is 2.20. The summed E-state index contributed by atoms with van der Waals surface area (Å²) < 4.78 is 44.8. The van der Waals surface area contributed by atoms with Gasteiger partial charge in [0.1, 0.15) is 5.82 Å². The van der Waals surface area contributed by atoms with Crippen molar-refractivity contribution in [3.63, 3.8) is 0 Å². The van der Waals surface area contributed by atoms with Crippen molar-refractivity contribution in [2.45, 2.75) is 6.92 Å². The van der Waals surface area contributed by atoms with Crippen molar-refractivity contribution in [1.82, 2.24) is 0 Å². The molecule has 0 saturated carbocycles. The number of terminal acetylenes is 1. The minimum atomic E-state index is -1.43. The summed E-state index contributed by atoms with van der Waals surface area (Å²) in [4.78, 5) is 11.9. The smallest absolute Gasteiger partial charge is 0.343 e. The van der Waals surface area contributed by atoms with E-state index in [1.165, 1.54) is 31.2 Å². The molecule has 106 valence electrons. The van der Waals surface area contributed by atoms with Crippen molar-refractivity contribution in [3.8, 4) is 18.1 Å². The molecule has 2 aromatic rings. The van der Waals surface area contributed by atoms with Gasteiger partial charge in [0.25, 0.3) is 0 Å². The SMILES string of the molecule is C#Cc1ccc(C(=O)Oc2c(C)c(F)cc(F)c2F)cc1. The lowest BCUT2D eigenvalue weighted by atomic mass is 10.1. The van der Waals surface area contributed by atoms with Gasteiger partial charge < -0.3 is 4.74 Å². The van der Waals surface area contributed by atoms with Crippen LogP contribution in [0, 0.1) is 36.7 Å². The van der Waals surface area contributed by atoms with E-state index in [4.69, 9.17) is 11.2 Å². The van der Waals surface area contributed by atoms with Crippen LogP contribution in [0.5, 0.6) is 5.75 Å². The van der Waals surface area contributed by atoms with Gasteiger partial charge in [0.05, 0.1) is 5.56 Å². The van der Waals surface area contributed by atoms with E-state index in [0.29, 0.717) is 11.6 Å². The predicted octanol–water partition coefficient (Wildman–Crippen LogP) is 3.61. The van der Waals surface area contributed by atoms with E-state index in [-0.39, 0.29) is 11.1 Å². The first-order valence-electron chi connectivity index (χ1n) is 5.87. The van der Waals surface area contributed by atoms with Gasteiger partial charge in [0, 0.05) is 17.2 Å². The monoisotopic (exact) mass is 290 g/mol. The van der Waals surface area contributed by atoms with Crippen LogP contribution < -0.4 is 4.74 Å². The lowest BCUT2D eigenvalue weighted by Crippen LogP contribution is -2.12. The summed E-state index contributed by atoms with van der Waals surface area (Å²) in [6, 6.07) is 6.13. The number of carbonyl (C=O) groups excluding carboxylic acids is 1. The number of halogens is 3. The third kappa shape index (κ3) is 2.90. The molecule has 0 N–H and O–H groups in total.